The molecule has 2 rings (SSSR count). The number of carbonyl (C=O) groups is 1. The van der Waals surface area contributed by atoms with Gasteiger partial charge >= 0.3 is 0 Å². The fourth-order valence-electron chi connectivity index (χ4n) is 1.44. The minimum absolute atomic E-state index is 0.531. The number of benzene rings is 1. The molecule has 0 bridgehead atoms. The monoisotopic (exact) mass is 190 g/mol. The van der Waals surface area contributed by atoms with Gasteiger partial charge in [0, 0.05) is 11.1 Å². The first-order chi connectivity index (χ1) is 6.31. The third-order valence-corrected chi connectivity index (χ3v) is 3.11. The molecule has 0 spiro atoms. The van der Waals surface area contributed by atoms with E-state index in [0.717, 1.165) is 11.8 Å². The van der Waals surface area contributed by atoms with Crippen LogP contribution in [-0.4, -0.2) is 6.29 Å². The van der Waals surface area contributed by atoms with Crippen LogP contribution in [0.1, 0.15) is 11.1 Å². The zero-order chi connectivity index (χ0) is 9.26. The van der Waals surface area contributed by atoms with E-state index in [9.17, 15) is 4.79 Å². The molecule has 1 nitrogen and oxygen atoms in total. The van der Waals surface area contributed by atoms with Crippen molar-refractivity contribution in [3.63, 3.8) is 0 Å². The van der Waals surface area contributed by atoms with Crippen molar-refractivity contribution in [3.8, 4) is 0 Å². The highest BCUT2D eigenvalue weighted by Crippen LogP contribution is 2.26. The Hall–Kier alpha value is -1.15. The van der Waals surface area contributed by atoms with Crippen LogP contribution in [0.15, 0.2) is 23.6 Å². The van der Waals surface area contributed by atoms with E-state index in [1.54, 1.807) is 11.3 Å². The molecule has 66 valence electrons. The molecule has 0 amide bonds. The number of hydrogen-bond acceptors (Lipinski definition) is 2. The lowest BCUT2D eigenvalue weighted by Crippen LogP contribution is -1.82. The van der Waals surface area contributed by atoms with Crippen LogP contribution in [0.25, 0.3) is 10.1 Å². The maximum absolute atomic E-state index is 10.4. The van der Waals surface area contributed by atoms with Crippen molar-refractivity contribution in [2.45, 2.75) is 13.3 Å². The van der Waals surface area contributed by atoms with Gasteiger partial charge in [-0.25, -0.2) is 0 Å². The molecule has 0 radical (unpaired) electrons. The minimum Gasteiger partial charge on any atom is -0.303 e. The van der Waals surface area contributed by atoms with Gasteiger partial charge < -0.3 is 4.79 Å². The van der Waals surface area contributed by atoms with Crippen LogP contribution in [0.3, 0.4) is 0 Å². The van der Waals surface area contributed by atoms with Crippen molar-refractivity contribution in [2.24, 2.45) is 0 Å². The average molecular weight is 190 g/mol. The molecule has 0 aliphatic heterocycles. The number of hydrogen-bond donors (Lipinski definition) is 0. The van der Waals surface area contributed by atoms with Crippen molar-refractivity contribution in [1.29, 1.82) is 0 Å². The Bertz CT molecular complexity index is 442. The number of thiophene rings is 1. The van der Waals surface area contributed by atoms with Gasteiger partial charge in [-0.05, 0) is 34.9 Å². The van der Waals surface area contributed by atoms with Gasteiger partial charge in [-0.1, -0.05) is 12.1 Å². The largest absolute Gasteiger partial charge is 0.303 e. The van der Waals surface area contributed by atoms with E-state index in [4.69, 9.17) is 0 Å². The van der Waals surface area contributed by atoms with E-state index in [1.165, 1.54) is 15.6 Å². The van der Waals surface area contributed by atoms with Gasteiger partial charge in [0.25, 0.3) is 0 Å². The number of carbonyl (C=O) groups excluding carboxylic acids is 1. The second kappa shape index (κ2) is 3.30. The molecule has 0 fully saturated rings. The van der Waals surface area contributed by atoms with E-state index in [0.29, 0.717) is 6.42 Å². The van der Waals surface area contributed by atoms with Crippen molar-refractivity contribution in [3.05, 3.63) is 34.7 Å². The Morgan fingerprint density at radius 3 is 3.08 bits per heavy atom. The highest BCUT2D eigenvalue weighted by molar-refractivity contribution is 7.17. The molecule has 0 saturated heterocycles. The fraction of sp³-hybridized carbons (Fsp3) is 0.182. The summed E-state index contributed by atoms with van der Waals surface area (Å²) in [6, 6.07) is 6.34. The van der Waals surface area contributed by atoms with Gasteiger partial charge in [-0.3, -0.25) is 0 Å². The predicted molar refractivity (Wildman–Crippen MR) is 56.3 cm³/mol. The first kappa shape index (κ1) is 8.45. The topological polar surface area (TPSA) is 17.1 Å². The van der Waals surface area contributed by atoms with Crippen LogP contribution < -0.4 is 0 Å². The first-order valence-corrected chi connectivity index (χ1v) is 5.09. The van der Waals surface area contributed by atoms with Crippen LogP contribution in [0.5, 0.6) is 0 Å². The summed E-state index contributed by atoms with van der Waals surface area (Å²) in [6.07, 6.45) is 1.49. The molecule has 2 aromatic rings. The van der Waals surface area contributed by atoms with Gasteiger partial charge in [-0.15, -0.1) is 11.3 Å². The normalized spacial score (nSPS) is 10.5. The summed E-state index contributed by atoms with van der Waals surface area (Å²) in [4.78, 5) is 10.4. The van der Waals surface area contributed by atoms with E-state index >= 15 is 0 Å². The van der Waals surface area contributed by atoms with Crippen LogP contribution >= 0.6 is 11.3 Å². The fourth-order valence-corrected chi connectivity index (χ4v) is 2.51. The molecule has 2 heteroatoms. The zero-order valence-corrected chi connectivity index (χ0v) is 8.23. The molecular formula is C11H10OS. The number of fused-ring (bicyclic) bond motifs is 1. The van der Waals surface area contributed by atoms with E-state index in [1.807, 2.05) is 0 Å². The second-order valence-corrected chi connectivity index (χ2v) is 4.04. The highest BCUT2D eigenvalue weighted by atomic mass is 32.1. The van der Waals surface area contributed by atoms with Crippen LogP contribution in [0, 0.1) is 6.92 Å². The van der Waals surface area contributed by atoms with Gasteiger partial charge in [-0.2, -0.15) is 0 Å². The summed E-state index contributed by atoms with van der Waals surface area (Å²) in [5.74, 6) is 0. The molecule has 1 heterocycles. The molecule has 0 aliphatic rings. The third-order valence-electron chi connectivity index (χ3n) is 2.11. The van der Waals surface area contributed by atoms with Gasteiger partial charge in [0.1, 0.15) is 6.29 Å². The Labute approximate surface area is 81.0 Å². The standard InChI is InChI=1S/C11H10OS/c1-8-2-3-10-9(4-5-12)7-13-11(10)6-8/h2-3,5-7H,4H2,1H3. The molecule has 1 aromatic heterocycles. The van der Waals surface area contributed by atoms with Crippen LogP contribution in [-0.2, 0) is 11.2 Å². The zero-order valence-electron chi connectivity index (χ0n) is 7.41. The van der Waals surface area contributed by atoms with Crippen molar-refractivity contribution >= 4 is 27.7 Å². The summed E-state index contributed by atoms with van der Waals surface area (Å²) in [6.45, 7) is 2.08. The van der Waals surface area contributed by atoms with Gasteiger partial charge in [0.15, 0.2) is 0 Å². The summed E-state index contributed by atoms with van der Waals surface area (Å²) < 4.78 is 1.27. The molecule has 0 atom stereocenters. The van der Waals surface area contributed by atoms with Gasteiger partial charge in [0.05, 0.1) is 0 Å². The van der Waals surface area contributed by atoms with Gasteiger partial charge in [0.2, 0.25) is 0 Å². The van der Waals surface area contributed by atoms with Crippen LogP contribution in [0.2, 0.25) is 0 Å². The Morgan fingerprint density at radius 1 is 1.46 bits per heavy atom. The quantitative estimate of drug-likeness (QED) is 0.665. The Balaban J connectivity index is 2.61. The van der Waals surface area contributed by atoms with E-state index in [-0.39, 0.29) is 0 Å². The predicted octanol–water partition coefficient (Wildman–Crippen LogP) is 2.95. The van der Waals surface area contributed by atoms with Crippen molar-refractivity contribution < 1.29 is 4.79 Å². The van der Waals surface area contributed by atoms with E-state index in [2.05, 4.69) is 30.5 Å². The number of aryl methyl sites for hydroxylation is 1. The summed E-state index contributed by atoms with van der Waals surface area (Å²) >= 11 is 1.71. The highest BCUT2D eigenvalue weighted by Gasteiger charge is 2.02. The maximum atomic E-state index is 10.4. The van der Waals surface area contributed by atoms with Crippen molar-refractivity contribution in [2.75, 3.05) is 0 Å². The molecular weight excluding hydrogens is 180 g/mol. The van der Waals surface area contributed by atoms with Crippen molar-refractivity contribution in [1.82, 2.24) is 0 Å². The third kappa shape index (κ3) is 1.49. The Kier molecular flexibility index (Phi) is 2.15. The molecule has 0 N–H and O–H groups in total. The Morgan fingerprint density at radius 2 is 2.31 bits per heavy atom. The lowest BCUT2D eigenvalue weighted by molar-refractivity contribution is -0.107. The lowest BCUT2D eigenvalue weighted by Gasteiger charge is -1.94. The van der Waals surface area contributed by atoms with E-state index < -0.39 is 0 Å². The maximum Gasteiger partial charge on any atom is 0.124 e. The lowest BCUT2D eigenvalue weighted by atomic mass is 10.1. The summed E-state index contributed by atoms with van der Waals surface area (Å²) in [5.41, 5.74) is 2.42. The molecule has 13 heavy (non-hydrogen) atoms. The smallest absolute Gasteiger partial charge is 0.124 e. The molecule has 0 aliphatic carbocycles. The van der Waals surface area contributed by atoms with Crippen LogP contribution in [0.4, 0.5) is 0 Å². The summed E-state index contributed by atoms with van der Waals surface area (Å²) in [5, 5.41) is 3.29. The SMILES string of the molecule is Cc1ccc2c(CC=O)csc2c1. The molecule has 0 saturated carbocycles. The first-order valence-electron chi connectivity index (χ1n) is 4.21. The number of rotatable bonds is 2. The average Bonchev–Trinajstić information content (AvgIpc) is 2.49. The summed E-state index contributed by atoms with van der Waals surface area (Å²) in [7, 11) is 0. The molecule has 0 unspecified atom stereocenters. The molecule has 1 aromatic carbocycles. The second-order valence-electron chi connectivity index (χ2n) is 3.13. The number of aldehydes is 1. The minimum atomic E-state index is 0.531.